The lowest BCUT2D eigenvalue weighted by atomic mass is 10.1. The highest BCUT2D eigenvalue weighted by Gasteiger charge is 2.13. The number of furan rings is 1. The lowest BCUT2D eigenvalue weighted by Gasteiger charge is -2.15. The number of hydrogen-bond acceptors (Lipinski definition) is 4. The molecule has 3 N–H and O–H groups in total. The van der Waals surface area contributed by atoms with Crippen molar-refractivity contribution in [3.63, 3.8) is 0 Å². The van der Waals surface area contributed by atoms with Gasteiger partial charge in [-0.2, -0.15) is 0 Å². The average molecular weight is 280 g/mol. The van der Waals surface area contributed by atoms with Crippen LogP contribution in [0.1, 0.15) is 24.3 Å². The van der Waals surface area contributed by atoms with Crippen LogP contribution in [-0.4, -0.2) is 8.42 Å². The second-order valence-electron chi connectivity index (χ2n) is 4.40. The molecule has 0 fully saturated rings. The zero-order valence-electron chi connectivity index (χ0n) is 10.8. The molecule has 1 unspecified atom stereocenters. The fourth-order valence-electron chi connectivity index (χ4n) is 1.78. The van der Waals surface area contributed by atoms with Gasteiger partial charge in [-0.25, -0.2) is 13.6 Å². The lowest BCUT2D eigenvalue weighted by molar-refractivity contribution is 0.490. The topological polar surface area (TPSA) is 85.3 Å². The Bertz CT molecular complexity index is 663. The van der Waals surface area contributed by atoms with Crippen LogP contribution < -0.4 is 10.5 Å². The number of primary sulfonamides is 1. The summed E-state index contributed by atoms with van der Waals surface area (Å²) in [5.74, 6) is 0.778. The molecule has 19 heavy (non-hydrogen) atoms. The van der Waals surface area contributed by atoms with E-state index in [1.54, 1.807) is 18.4 Å². The Labute approximate surface area is 112 Å². The van der Waals surface area contributed by atoms with Gasteiger partial charge in [0.1, 0.15) is 5.76 Å². The Kier molecular flexibility index (Phi) is 3.64. The maximum absolute atomic E-state index is 11.3. The quantitative estimate of drug-likeness (QED) is 0.900. The summed E-state index contributed by atoms with van der Waals surface area (Å²) in [6.07, 6.45) is 1.60. The van der Waals surface area contributed by atoms with E-state index >= 15 is 0 Å². The predicted octanol–water partition coefficient (Wildman–Crippen LogP) is 2.41. The predicted molar refractivity (Wildman–Crippen MR) is 73.3 cm³/mol. The summed E-state index contributed by atoms with van der Waals surface area (Å²) in [6, 6.07) is 8.34. The summed E-state index contributed by atoms with van der Waals surface area (Å²) in [5, 5.41) is 8.34. The van der Waals surface area contributed by atoms with E-state index in [4.69, 9.17) is 9.56 Å². The fourth-order valence-corrected chi connectivity index (χ4v) is 2.32. The molecule has 2 aromatic rings. The van der Waals surface area contributed by atoms with Crippen molar-refractivity contribution in [3.8, 4) is 0 Å². The molecule has 0 bridgehead atoms. The van der Waals surface area contributed by atoms with Crippen LogP contribution in [0.15, 0.2) is 45.9 Å². The Morgan fingerprint density at radius 3 is 2.63 bits per heavy atom. The summed E-state index contributed by atoms with van der Waals surface area (Å²) in [7, 11) is -3.70. The molecule has 102 valence electrons. The van der Waals surface area contributed by atoms with E-state index in [9.17, 15) is 8.42 Å². The van der Waals surface area contributed by atoms with Crippen molar-refractivity contribution in [1.29, 1.82) is 0 Å². The summed E-state index contributed by atoms with van der Waals surface area (Å²) in [4.78, 5) is 0.0900. The van der Waals surface area contributed by atoms with Gasteiger partial charge in [-0.05, 0) is 43.7 Å². The molecule has 0 aliphatic heterocycles. The number of nitrogens with one attached hydrogen (secondary N) is 1. The number of hydrogen-bond donors (Lipinski definition) is 2. The van der Waals surface area contributed by atoms with Crippen LogP contribution in [0, 0.1) is 6.92 Å². The lowest BCUT2D eigenvalue weighted by Crippen LogP contribution is -2.13. The molecular formula is C13H16N2O3S. The van der Waals surface area contributed by atoms with Crippen molar-refractivity contribution in [2.24, 2.45) is 5.14 Å². The normalized spacial score (nSPS) is 13.2. The van der Waals surface area contributed by atoms with Crippen molar-refractivity contribution in [1.82, 2.24) is 0 Å². The molecule has 6 heteroatoms. The Hall–Kier alpha value is -1.79. The standard InChI is InChI=1S/C13H16N2O3S/c1-9-5-6-11(19(14,16)17)8-12(9)15-10(2)13-4-3-7-18-13/h3-8,10,15H,1-2H3,(H2,14,16,17). The molecule has 0 amide bonds. The van der Waals surface area contributed by atoms with Gasteiger partial charge in [0, 0.05) is 5.69 Å². The van der Waals surface area contributed by atoms with Crippen LogP contribution >= 0.6 is 0 Å². The third-order valence-electron chi connectivity index (χ3n) is 2.88. The summed E-state index contributed by atoms with van der Waals surface area (Å²) in [6.45, 7) is 3.83. The smallest absolute Gasteiger partial charge is 0.238 e. The van der Waals surface area contributed by atoms with E-state index in [0.29, 0.717) is 0 Å². The monoisotopic (exact) mass is 280 g/mol. The minimum Gasteiger partial charge on any atom is -0.467 e. The molecular weight excluding hydrogens is 264 g/mol. The molecule has 0 aliphatic rings. The van der Waals surface area contributed by atoms with Crippen LogP contribution in [0.2, 0.25) is 0 Å². The van der Waals surface area contributed by atoms with E-state index < -0.39 is 10.0 Å². The molecule has 0 aliphatic carbocycles. The van der Waals surface area contributed by atoms with Crippen LogP contribution in [0.4, 0.5) is 5.69 Å². The molecule has 0 spiro atoms. The first-order chi connectivity index (χ1) is 8.88. The first-order valence-corrected chi connectivity index (χ1v) is 7.36. The number of rotatable bonds is 4. The maximum Gasteiger partial charge on any atom is 0.238 e. The van der Waals surface area contributed by atoms with Gasteiger partial charge in [-0.3, -0.25) is 0 Å². The molecule has 1 aromatic carbocycles. The van der Waals surface area contributed by atoms with Crippen molar-refractivity contribution < 1.29 is 12.8 Å². The van der Waals surface area contributed by atoms with E-state index in [2.05, 4.69) is 5.32 Å². The van der Waals surface area contributed by atoms with Crippen molar-refractivity contribution in [3.05, 3.63) is 47.9 Å². The zero-order chi connectivity index (χ0) is 14.0. The van der Waals surface area contributed by atoms with Crippen LogP contribution in [0.3, 0.4) is 0 Å². The Balaban J connectivity index is 2.30. The first-order valence-electron chi connectivity index (χ1n) is 5.81. The molecule has 1 aromatic heterocycles. The summed E-state index contributed by atoms with van der Waals surface area (Å²) in [5.41, 5.74) is 1.65. The van der Waals surface area contributed by atoms with Gasteiger partial charge in [-0.1, -0.05) is 6.07 Å². The van der Waals surface area contributed by atoms with E-state index in [1.165, 1.54) is 12.1 Å². The molecule has 0 radical (unpaired) electrons. The largest absolute Gasteiger partial charge is 0.467 e. The molecule has 5 nitrogen and oxygen atoms in total. The van der Waals surface area contributed by atoms with E-state index in [1.807, 2.05) is 19.9 Å². The number of sulfonamides is 1. The van der Waals surface area contributed by atoms with Gasteiger partial charge in [0.05, 0.1) is 17.2 Å². The minimum atomic E-state index is -3.70. The molecule has 0 saturated heterocycles. The zero-order valence-corrected chi connectivity index (χ0v) is 11.6. The number of anilines is 1. The second kappa shape index (κ2) is 5.07. The van der Waals surface area contributed by atoms with Gasteiger partial charge in [-0.15, -0.1) is 0 Å². The fraction of sp³-hybridized carbons (Fsp3) is 0.231. The Morgan fingerprint density at radius 1 is 1.32 bits per heavy atom. The highest BCUT2D eigenvalue weighted by Crippen LogP contribution is 2.24. The third kappa shape index (κ3) is 3.15. The van der Waals surface area contributed by atoms with Crippen molar-refractivity contribution in [2.75, 3.05) is 5.32 Å². The van der Waals surface area contributed by atoms with E-state index in [-0.39, 0.29) is 10.9 Å². The van der Waals surface area contributed by atoms with Gasteiger partial charge in [0.2, 0.25) is 10.0 Å². The molecule has 2 rings (SSSR count). The number of aryl methyl sites for hydroxylation is 1. The average Bonchev–Trinajstić information content (AvgIpc) is 2.84. The third-order valence-corrected chi connectivity index (χ3v) is 3.79. The highest BCUT2D eigenvalue weighted by atomic mass is 32.2. The highest BCUT2D eigenvalue weighted by molar-refractivity contribution is 7.89. The van der Waals surface area contributed by atoms with Crippen LogP contribution in [-0.2, 0) is 10.0 Å². The SMILES string of the molecule is Cc1ccc(S(N)(=O)=O)cc1NC(C)c1ccco1. The van der Waals surface area contributed by atoms with Crippen LogP contribution in [0.25, 0.3) is 0 Å². The second-order valence-corrected chi connectivity index (χ2v) is 5.96. The van der Waals surface area contributed by atoms with Crippen molar-refractivity contribution in [2.45, 2.75) is 24.8 Å². The first kappa shape index (κ1) is 13.6. The van der Waals surface area contributed by atoms with Gasteiger partial charge in [0.15, 0.2) is 0 Å². The van der Waals surface area contributed by atoms with Gasteiger partial charge in [0.25, 0.3) is 0 Å². The van der Waals surface area contributed by atoms with Crippen LogP contribution in [0.5, 0.6) is 0 Å². The number of nitrogens with two attached hydrogens (primary N) is 1. The van der Waals surface area contributed by atoms with Crippen molar-refractivity contribution >= 4 is 15.7 Å². The molecule has 0 saturated carbocycles. The molecule has 1 heterocycles. The maximum atomic E-state index is 11.3. The summed E-state index contributed by atoms with van der Waals surface area (Å²) < 4.78 is 28.0. The minimum absolute atomic E-state index is 0.0653. The summed E-state index contributed by atoms with van der Waals surface area (Å²) >= 11 is 0. The van der Waals surface area contributed by atoms with E-state index in [0.717, 1.165) is 17.0 Å². The number of benzene rings is 1. The Morgan fingerprint density at radius 2 is 2.05 bits per heavy atom. The van der Waals surface area contributed by atoms with Gasteiger partial charge >= 0.3 is 0 Å². The molecule has 1 atom stereocenters. The van der Waals surface area contributed by atoms with Gasteiger partial charge < -0.3 is 9.73 Å².